The van der Waals surface area contributed by atoms with Crippen molar-refractivity contribution in [2.75, 3.05) is 17.7 Å². The zero-order valence-electron chi connectivity index (χ0n) is 14.9. The van der Waals surface area contributed by atoms with Crippen LogP contribution in [0.4, 0.5) is 16.2 Å². The molecule has 7 nitrogen and oxygen atoms in total. The fourth-order valence-electron chi connectivity index (χ4n) is 2.33. The normalized spacial score (nSPS) is 10.1. The number of halogens is 1. The Morgan fingerprint density at radius 2 is 1.68 bits per heavy atom. The van der Waals surface area contributed by atoms with E-state index in [9.17, 15) is 9.59 Å². The number of aromatic nitrogens is 1. The van der Waals surface area contributed by atoms with Gasteiger partial charge < -0.3 is 20.7 Å². The third kappa shape index (κ3) is 5.21. The van der Waals surface area contributed by atoms with Gasteiger partial charge in [-0.1, -0.05) is 17.7 Å². The highest BCUT2D eigenvalue weighted by molar-refractivity contribution is 6.30. The van der Waals surface area contributed by atoms with Crippen LogP contribution in [0.3, 0.4) is 0 Å². The van der Waals surface area contributed by atoms with Gasteiger partial charge in [0.25, 0.3) is 5.91 Å². The summed E-state index contributed by atoms with van der Waals surface area (Å²) in [5, 5.41) is 8.46. The Bertz CT molecular complexity index is 993. The monoisotopic (exact) mass is 396 g/mol. The van der Waals surface area contributed by atoms with Gasteiger partial charge in [-0.15, -0.1) is 0 Å². The third-order valence-corrected chi connectivity index (χ3v) is 3.86. The molecule has 1 aromatic heterocycles. The molecule has 0 fully saturated rings. The second-order valence-corrected chi connectivity index (χ2v) is 6.11. The largest absolute Gasteiger partial charge is 0.457 e. The molecular weight excluding hydrogens is 380 g/mol. The molecule has 0 aliphatic heterocycles. The van der Waals surface area contributed by atoms with Crippen LogP contribution in [0.15, 0.2) is 66.9 Å². The Kier molecular flexibility index (Phi) is 6.08. The summed E-state index contributed by atoms with van der Waals surface area (Å²) in [6.07, 6.45) is 1.50. The molecule has 28 heavy (non-hydrogen) atoms. The molecule has 3 rings (SSSR count). The third-order valence-electron chi connectivity index (χ3n) is 3.62. The highest BCUT2D eigenvalue weighted by atomic mass is 35.5. The van der Waals surface area contributed by atoms with Crippen molar-refractivity contribution in [2.24, 2.45) is 0 Å². The van der Waals surface area contributed by atoms with Crippen molar-refractivity contribution < 1.29 is 14.3 Å². The van der Waals surface area contributed by atoms with E-state index in [2.05, 4.69) is 20.9 Å². The summed E-state index contributed by atoms with van der Waals surface area (Å²) in [6.45, 7) is 0. The molecule has 0 unspecified atom stereocenters. The predicted molar refractivity (Wildman–Crippen MR) is 108 cm³/mol. The predicted octanol–water partition coefficient (Wildman–Crippen LogP) is 4.53. The van der Waals surface area contributed by atoms with E-state index in [4.69, 9.17) is 16.3 Å². The van der Waals surface area contributed by atoms with E-state index < -0.39 is 0 Å². The Morgan fingerprint density at radius 3 is 2.39 bits per heavy atom. The lowest BCUT2D eigenvalue weighted by Gasteiger charge is -2.10. The molecule has 3 aromatic rings. The maximum Gasteiger partial charge on any atom is 0.323 e. The highest BCUT2D eigenvalue weighted by Crippen LogP contribution is 2.23. The van der Waals surface area contributed by atoms with E-state index in [0.717, 1.165) is 0 Å². The van der Waals surface area contributed by atoms with E-state index >= 15 is 0 Å². The molecule has 8 heteroatoms. The molecular formula is C20H17ClN4O3. The van der Waals surface area contributed by atoms with E-state index in [1.54, 1.807) is 60.7 Å². The summed E-state index contributed by atoms with van der Waals surface area (Å²) in [4.78, 5) is 27.7. The molecule has 0 spiro atoms. The van der Waals surface area contributed by atoms with Crippen molar-refractivity contribution in [2.45, 2.75) is 0 Å². The first-order valence-electron chi connectivity index (χ1n) is 8.33. The van der Waals surface area contributed by atoms with Gasteiger partial charge in [0, 0.05) is 35.7 Å². The average Bonchev–Trinajstić information content (AvgIpc) is 2.69. The zero-order valence-corrected chi connectivity index (χ0v) is 15.7. The summed E-state index contributed by atoms with van der Waals surface area (Å²) in [5.41, 5.74) is 1.44. The van der Waals surface area contributed by atoms with Gasteiger partial charge in [0.2, 0.25) is 0 Å². The van der Waals surface area contributed by atoms with Crippen LogP contribution < -0.4 is 20.7 Å². The van der Waals surface area contributed by atoms with E-state index in [1.165, 1.54) is 13.2 Å². The van der Waals surface area contributed by atoms with E-state index in [-0.39, 0.29) is 17.6 Å². The minimum absolute atomic E-state index is 0.260. The number of hydrogen-bond acceptors (Lipinski definition) is 4. The highest BCUT2D eigenvalue weighted by Gasteiger charge is 2.07. The van der Waals surface area contributed by atoms with Gasteiger partial charge in [0.15, 0.2) is 0 Å². The molecule has 0 saturated carbocycles. The lowest BCUT2D eigenvalue weighted by Crippen LogP contribution is -2.19. The van der Waals surface area contributed by atoms with E-state index in [0.29, 0.717) is 27.9 Å². The number of nitrogens with zero attached hydrogens (tertiary/aromatic N) is 1. The minimum Gasteiger partial charge on any atom is -0.457 e. The first kappa shape index (κ1) is 19.2. The standard InChI is InChI=1S/C20H17ClN4O3/c1-22-19(26)18-12-17(9-10-23-18)28-16-7-5-14(6-8-16)24-20(27)25-15-4-2-3-13(21)11-15/h2-12H,1H3,(H,22,26)(H2,24,25,27). The molecule has 0 aliphatic carbocycles. The van der Waals surface area contributed by atoms with Gasteiger partial charge in [-0.05, 0) is 48.5 Å². The Morgan fingerprint density at radius 1 is 0.929 bits per heavy atom. The van der Waals surface area contributed by atoms with Gasteiger partial charge in [-0.2, -0.15) is 0 Å². The first-order valence-corrected chi connectivity index (χ1v) is 8.71. The van der Waals surface area contributed by atoms with Crippen molar-refractivity contribution in [3.8, 4) is 11.5 Å². The van der Waals surface area contributed by atoms with Crippen molar-refractivity contribution in [3.63, 3.8) is 0 Å². The van der Waals surface area contributed by atoms with Crippen LogP contribution in [0.25, 0.3) is 0 Å². The SMILES string of the molecule is CNC(=O)c1cc(Oc2ccc(NC(=O)Nc3cccc(Cl)c3)cc2)ccn1. The smallest absolute Gasteiger partial charge is 0.323 e. The summed E-state index contributed by atoms with van der Waals surface area (Å²) in [7, 11) is 1.53. The summed E-state index contributed by atoms with van der Waals surface area (Å²) in [5.74, 6) is 0.735. The fourth-order valence-corrected chi connectivity index (χ4v) is 2.52. The molecule has 0 aliphatic rings. The van der Waals surface area contributed by atoms with Crippen LogP contribution in [0.5, 0.6) is 11.5 Å². The summed E-state index contributed by atoms with van der Waals surface area (Å²) < 4.78 is 5.72. The van der Waals surface area contributed by atoms with Gasteiger partial charge in [-0.25, -0.2) is 4.79 Å². The number of benzene rings is 2. The molecule has 0 atom stereocenters. The zero-order chi connectivity index (χ0) is 19.9. The maximum absolute atomic E-state index is 12.1. The minimum atomic E-state index is -0.389. The molecule has 0 bridgehead atoms. The number of amides is 3. The number of urea groups is 1. The number of anilines is 2. The molecule has 0 radical (unpaired) electrons. The Balaban J connectivity index is 1.60. The van der Waals surface area contributed by atoms with Crippen LogP contribution in [0.2, 0.25) is 5.02 Å². The molecule has 142 valence electrons. The number of nitrogens with one attached hydrogen (secondary N) is 3. The van der Waals surface area contributed by atoms with Crippen LogP contribution in [0.1, 0.15) is 10.5 Å². The summed E-state index contributed by atoms with van der Waals surface area (Å²) in [6, 6.07) is 16.5. The number of pyridine rings is 1. The lowest BCUT2D eigenvalue weighted by molar-refractivity contribution is 0.0958. The van der Waals surface area contributed by atoms with Crippen molar-refractivity contribution in [1.82, 2.24) is 10.3 Å². The number of carbonyl (C=O) groups is 2. The van der Waals surface area contributed by atoms with Crippen molar-refractivity contribution >= 4 is 34.9 Å². The van der Waals surface area contributed by atoms with Crippen LogP contribution in [-0.2, 0) is 0 Å². The topological polar surface area (TPSA) is 92.4 Å². The van der Waals surface area contributed by atoms with Crippen molar-refractivity contribution in [1.29, 1.82) is 0 Å². The number of ether oxygens (including phenoxy) is 1. The van der Waals surface area contributed by atoms with Gasteiger partial charge in [-0.3, -0.25) is 9.78 Å². The Hall–Kier alpha value is -3.58. The van der Waals surface area contributed by atoms with Crippen LogP contribution >= 0.6 is 11.6 Å². The van der Waals surface area contributed by atoms with E-state index in [1.807, 2.05) is 0 Å². The quantitative estimate of drug-likeness (QED) is 0.590. The molecule has 2 aromatic carbocycles. The average molecular weight is 397 g/mol. The summed E-state index contributed by atoms with van der Waals surface area (Å²) >= 11 is 5.90. The molecule has 3 N–H and O–H groups in total. The number of carbonyl (C=O) groups excluding carboxylic acids is 2. The second kappa shape index (κ2) is 8.88. The number of hydrogen-bond donors (Lipinski definition) is 3. The molecule has 1 heterocycles. The molecule has 0 saturated heterocycles. The molecule has 3 amide bonds. The fraction of sp³-hybridized carbons (Fsp3) is 0.0500. The van der Waals surface area contributed by atoms with Crippen molar-refractivity contribution in [3.05, 3.63) is 77.6 Å². The van der Waals surface area contributed by atoms with Gasteiger partial charge >= 0.3 is 6.03 Å². The van der Waals surface area contributed by atoms with Crippen LogP contribution in [-0.4, -0.2) is 24.0 Å². The first-order chi connectivity index (χ1) is 13.5. The van der Waals surface area contributed by atoms with Crippen LogP contribution in [0, 0.1) is 0 Å². The maximum atomic E-state index is 12.1. The Labute approximate surface area is 166 Å². The second-order valence-electron chi connectivity index (χ2n) is 5.67. The van der Waals surface area contributed by atoms with Gasteiger partial charge in [0.1, 0.15) is 17.2 Å². The lowest BCUT2D eigenvalue weighted by atomic mass is 10.3. The van der Waals surface area contributed by atoms with Gasteiger partial charge in [0.05, 0.1) is 0 Å². The number of rotatable bonds is 5.